The van der Waals surface area contributed by atoms with E-state index in [-0.39, 0.29) is 17.0 Å². The predicted octanol–water partition coefficient (Wildman–Crippen LogP) is 9.96. The fourth-order valence-electron chi connectivity index (χ4n) is 5.93. The molecule has 0 aliphatic heterocycles. The first kappa shape index (κ1) is 26.3. The van der Waals surface area contributed by atoms with Crippen LogP contribution in [0.3, 0.4) is 0 Å². The Balaban J connectivity index is 1.32. The normalized spacial score (nSPS) is 17.7. The van der Waals surface area contributed by atoms with Crippen LogP contribution in [0.15, 0.2) is 69.9 Å². The molecule has 0 radical (unpaired) electrons. The Hall–Kier alpha value is -3.27. The summed E-state index contributed by atoms with van der Waals surface area (Å²) in [5.41, 5.74) is 2.61. The molecule has 198 valence electrons. The number of benzene rings is 3. The highest BCUT2D eigenvalue weighted by Crippen LogP contribution is 2.39. The van der Waals surface area contributed by atoms with Crippen LogP contribution in [0, 0.1) is 24.5 Å². The van der Waals surface area contributed by atoms with Crippen LogP contribution in [-0.2, 0) is 0 Å². The van der Waals surface area contributed by atoms with E-state index in [2.05, 4.69) is 19.1 Å². The summed E-state index contributed by atoms with van der Waals surface area (Å²) in [5.74, 6) is 0.675. The van der Waals surface area contributed by atoms with Crippen molar-refractivity contribution < 1.29 is 13.2 Å². The minimum absolute atomic E-state index is 0.0832. The van der Waals surface area contributed by atoms with Crippen LogP contribution in [-0.4, -0.2) is 0 Å². The van der Waals surface area contributed by atoms with Gasteiger partial charge >= 0.3 is 5.63 Å². The first-order valence-corrected chi connectivity index (χ1v) is 14.1. The van der Waals surface area contributed by atoms with E-state index in [1.54, 1.807) is 37.3 Å². The van der Waals surface area contributed by atoms with Crippen molar-refractivity contribution in [2.24, 2.45) is 5.92 Å². The zero-order chi connectivity index (χ0) is 26.6. The Labute approximate surface area is 223 Å². The molecule has 1 aliphatic carbocycles. The number of hydrogen-bond donors (Lipinski definition) is 0. The van der Waals surface area contributed by atoms with Crippen molar-refractivity contribution in [1.82, 2.24) is 0 Å². The molecule has 1 aromatic heterocycles. The Bertz CT molecular complexity index is 1460. The lowest BCUT2D eigenvalue weighted by atomic mass is 9.77. The maximum atomic E-state index is 15.6. The Kier molecular flexibility index (Phi) is 8.06. The quantitative estimate of drug-likeness (QED) is 0.219. The fourth-order valence-corrected chi connectivity index (χ4v) is 5.93. The molecule has 1 saturated carbocycles. The maximum absolute atomic E-state index is 15.6. The van der Waals surface area contributed by atoms with Crippen LogP contribution in [0.4, 0.5) is 8.78 Å². The molecule has 2 nitrogen and oxygen atoms in total. The van der Waals surface area contributed by atoms with E-state index in [0.717, 1.165) is 11.5 Å². The predicted molar refractivity (Wildman–Crippen MR) is 151 cm³/mol. The molecule has 1 fully saturated rings. The first-order valence-electron chi connectivity index (χ1n) is 14.1. The highest BCUT2D eigenvalue weighted by molar-refractivity contribution is 5.89. The molecule has 0 amide bonds. The van der Waals surface area contributed by atoms with Gasteiger partial charge in [0.05, 0.1) is 0 Å². The highest BCUT2D eigenvalue weighted by Gasteiger charge is 2.22. The minimum Gasteiger partial charge on any atom is -0.422 e. The molecule has 0 unspecified atom stereocenters. The van der Waals surface area contributed by atoms with Gasteiger partial charge in [0.15, 0.2) is 0 Å². The molecule has 0 atom stereocenters. The molecule has 1 aliphatic rings. The second-order valence-corrected chi connectivity index (χ2v) is 10.9. The van der Waals surface area contributed by atoms with Gasteiger partial charge in [0.25, 0.3) is 0 Å². The molecule has 4 aromatic rings. The fraction of sp³-hybridized carbons (Fsp3) is 0.382. The van der Waals surface area contributed by atoms with Gasteiger partial charge in [0.2, 0.25) is 0 Å². The van der Waals surface area contributed by atoms with Crippen molar-refractivity contribution >= 4 is 10.8 Å². The van der Waals surface area contributed by atoms with Gasteiger partial charge in [-0.15, -0.1) is 0 Å². The molecule has 5 rings (SSSR count). The third-order valence-electron chi connectivity index (χ3n) is 8.33. The third kappa shape index (κ3) is 5.60. The zero-order valence-electron chi connectivity index (χ0n) is 22.4. The van der Waals surface area contributed by atoms with Crippen molar-refractivity contribution in [3.63, 3.8) is 0 Å². The van der Waals surface area contributed by atoms with Crippen molar-refractivity contribution in [2.75, 3.05) is 0 Å². The van der Waals surface area contributed by atoms with Gasteiger partial charge in [-0.05, 0) is 78.7 Å². The van der Waals surface area contributed by atoms with E-state index in [1.807, 2.05) is 12.1 Å². The van der Waals surface area contributed by atoms with E-state index >= 15 is 4.39 Å². The van der Waals surface area contributed by atoms with Gasteiger partial charge in [-0.3, -0.25) is 0 Å². The summed E-state index contributed by atoms with van der Waals surface area (Å²) in [7, 11) is 0. The van der Waals surface area contributed by atoms with Crippen LogP contribution in [0.5, 0.6) is 0 Å². The van der Waals surface area contributed by atoms with Crippen LogP contribution >= 0.6 is 0 Å². The Morgan fingerprint density at radius 3 is 2.29 bits per heavy atom. The van der Waals surface area contributed by atoms with Gasteiger partial charge in [-0.25, -0.2) is 13.6 Å². The van der Waals surface area contributed by atoms with Crippen molar-refractivity contribution in [2.45, 2.75) is 77.6 Å². The third-order valence-corrected chi connectivity index (χ3v) is 8.33. The lowest BCUT2D eigenvalue weighted by Crippen LogP contribution is -2.13. The van der Waals surface area contributed by atoms with Gasteiger partial charge < -0.3 is 4.42 Å². The van der Waals surface area contributed by atoms with Gasteiger partial charge in [-0.1, -0.05) is 87.6 Å². The number of hydrogen-bond acceptors (Lipinski definition) is 2. The molecule has 3 aromatic carbocycles. The van der Waals surface area contributed by atoms with Gasteiger partial charge in [-0.2, -0.15) is 0 Å². The second kappa shape index (κ2) is 11.6. The summed E-state index contributed by atoms with van der Waals surface area (Å²) in [6, 6.07) is 17.8. The van der Waals surface area contributed by atoms with Crippen LogP contribution in [0.2, 0.25) is 0 Å². The maximum Gasteiger partial charge on any atom is 0.347 e. The smallest absolute Gasteiger partial charge is 0.347 e. The molecule has 0 spiro atoms. The van der Waals surface area contributed by atoms with Gasteiger partial charge in [0.1, 0.15) is 22.8 Å². The average molecular weight is 515 g/mol. The molecule has 38 heavy (non-hydrogen) atoms. The number of rotatable bonds is 8. The monoisotopic (exact) mass is 514 g/mol. The highest BCUT2D eigenvalue weighted by atomic mass is 19.1. The van der Waals surface area contributed by atoms with E-state index < -0.39 is 11.4 Å². The van der Waals surface area contributed by atoms with Crippen molar-refractivity contribution in [3.8, 4) is 22.5 Å². The topological polar surface area (TPSA) is 30.2 Å². The number of aryl methyl sites for hydroxylation is 1. The summed E-state index contributed by atoms with van der Waals surface area (Å²) >= 11 is 0. The van der Waals surface area contributed by atoms with Gasteiger partial charge in [0, 0.05) is 11.1 Å². The minimum atomic E-state index is -0.763. The summed E-state index contributed by atoms with van der Waals surface area (Å²) < 4.78 is 35.1. The Morgan fingerprint density at radius 1 is 0.842 bits per heavy atom. The van der Waals surface area contributed by atoms with Crippen molar-refractivity contribution in [1.29, 1.82) is 0 Å². The van der Waals surface area contributed by atoms with Crippen LogP contribution in [0.25, 0.3) is 33.2 Å². The Morgan fingerprint density at radius 2 is 1.58 bits per heavy atom. The number of fused-ring (bicyclic) bond motifs is 1. The van der Waals surface area contributed by atoms with E-state index in [0.29, 0.717) is 28.0 Å². The number of unbranched alkanes of at least 4 members (excludes halogenated alkanes) is 3. The summed E-state index contributed by atoms with van der Waals surface area (Å²) in [4.78, 5) is 12.8. The SMILES string of the molecule is CCCCCCC1CCC(c2ccc(-c3ccc4cc(-c5ccc(C)c(F)c5)oc(=O)c4c3F)cc2)CC1. The molecule has 4 heteroatoms. The summed E-state index contributed by atoms with van der Waals surface area (Å²) in [6.45, 7) is 3.92. The zero-order valence-corrected chi connectivity index (χ0v) is 22.4. The molecule has 0 N–H and O–H groups in total. The standard InChI is InChI=1S/C34H36F2O2/c1-3-4-5-6-7-23-9-12-24(13-10-23)25-14-16-26(17-15-25)29-19-18-28-21-31(38-34(37)32(28)33(29)36)27-11-8-22(2)30(35)20-27/h8,11,14-21,23-24H,3-7,9-10,12-13H2,1-2H3. The average Bonchev–Trinajstić information content (AvgIpc) is 2.93. The first-order chi connectivity index (χ1) is 18.4. The van der Waals surface area contributed by atoms with Crippen LogP contribution in [0.1, 0.15) is 81.8 Å². The molecular weight excluding hydrogens is 478 g/mol. The molecule has 1 heterocycles. The molecular formula is C34H36F2O2. The largest absolute Gasteiger partial charge is 0.422 e. The van der Waals surface area contributed by atoms with Crippen molar-refractivity contribution in [3.05, 3.63) is 93.8 Å². The van der Waals surface area contributed by atoms with E-state index in [4.69, 9.17) is 4.42 Å². The summed E-state index contributed by atoms with van der Waals surface area (Å²) in [5, 5.41) is 0.349. The number of halogens is 2. The van der Waals surface area contributed by atoms with Crippen LogP contribution < -0.4 is 5.63 Å². The summed E-state index contributed by atoms with van der Waals surface area (Å²) in [6.07, 6.45) is 11.8. The molecule has 0 bridgehead atoms. The molecule has 0 saturated heterocycles. The van der Waals surface area contributed by atoms with E-state index in [9.17, 15) is 9.18 Å². The van der Waals surface area contributed by atoms with E-state index in [1.165, 1.54) is 69.4 Å². The lowest BCUT2D eigenvalue weighted by molar-refractivity contribution is 0.302. The lowest BCUT2D eigenvalue weighted by Gasteiger charge is -2.29. The second-order valence-electron chi connectivity index (χ2n) is 10.9.